The molecular weight excluding hydrogens is 428 g/mol. The minimum absolute atomic E-state index is 0.248. The Labute approximate surface area is 197 Å². The van der Waals surface area contributed by atoms with Crippen LogP contribution in [0.5, 0.6) is 0 Å². The summed E-state index contributed by atoms with van der Waals surface area (Å²) in [5.74, 6) is 0. The molecule has 4 aromatic rings. The average Bonchev–Trinajstić information content (AvgIpc) is 3.28. The van der Waals surface area contributed by atoms with E-state index in [1.807, 2.05) is 22.7 Å². The van der Waals surface area contributed by atoms with Gasteiger partial charge in [-0.25, -0.2) is 0 Å². The van der Waals surface area contributed by atoms with Crippen LogP contribution in [0, 0.1) is 11.6 Å². The number of rotatable bonds is 3. The molecule has 0 N–H and O–H groups in total. The van der Waals surface area contributed by atoms with Crippen molar-refractivity contribution >= 4 is 55.3 Å². The molecule has 0 spiro atoms. The minimum Gasteiger partial charge on any atom is -0.182 e. The van der Waals surface area contributed by atoms with Crippen molar-refractivity contribution in [2.24, 2.45) is 5.41 Å². The van der Waals surface area contributed by atoms with Crippen LogP contribution in [0.25, 0.3) is 32.6 Å². The van der Waals surface area contributed by atoms with Gasteiger partial charge in [0.1, 0.15) is 22.2 Å². The zero-order chi connectivity index (χ0) is 22.3. The molecule has 0 atom stereocenters. The summed E-state index contributed by atoms with van der Waals surface area (Å²) in [6, 6.07) is 17.4. The fourth-order valence-corrected chi connectivity index (χ4v) is 7.24. The number of aryl methyl sites for hydroxylation is 1. The summed E-state index contributed by atoms with van der Waals surface area (Å²) in [4.78, 5) is 0. The molecule has 32 heavy (non-hydrogen) atoms. The Morgan fingerprint density at radius 2 is 1.59 bits per heavy atom. The first kappa shape index (κ1) is 21.3. The van der Waals surface area contributed by atoms with E-state index in [4.69, 9.17) is 0 Å². The van der Waals surface area contributed by atoms with Crippen molar-refractivity contribution in [1.82, 2.24) is 0 Å². The van der Waals surface area contributed by atoms with Crippen LogP contribution in [-0.2, 0) is 6.54 Å². The van der Waals surface area contributed by atoms with Crippen LogP contribution >= 0.6 is 22.7 Å². The van der Waals surface area contributed by atoms with Crippen LogP contribution in [0.2, 0.25) is 0 Å². The number of nitrogens with zero attached hydrogens (tertiary/aromatic N) is 2. The monoisotopic (exact) mass is 458 g/mol. The molecule has 5 rings (SSSR count). The van der Waals surface area contributed by atoms with Crippen LogP contribution in [-0.4, -0.2) is 0 Å². The fraction of sp³-hybridized carbons (Fsp3) is 0.286. The zero-order valence-electron chi connectivity index (χ0n) is 19.3. The third-order valence-corrected chi connectivity index (χ3v) is 8.34. The SMILES string of the molecule is CC=[n+]1/c(=C/C2=CC(=C/c3sc4ccccc4[n+]3CC)/CC(C)(C)C2)sc2ccccc21. The van der Waals surface area contributed by atoms with Crippen molar-refractivity contribution in [1.29, 1.82) is 0 Å². The Bertz CT molecular complexity index is 1500. The molecule has 0 unspecified atom stereocenters. The van der Waals surface area contributed by atoms with E-state index < -0.39 is 0 Å². The second kappa shape index (κ2) is 8.42. The van der Waals surface area contributed by atoms with Gasteiger partial charge in [-0.3, -0.25) is 0 Å². The summed E-state index contributed by atoms with van der Waals surface area (Å²) < 4.78 is 8.75. The first-order valence-corrected chi connectivity index (χ1v) is 13.0. The highest BCUT2D eigenvalue weighted by Gasteiger charge is 2.27. The smallest absolute Gasteiger partial charge is 0.182 e. The molecule has 1 aliphatic carbocycles. The molecule has 0 saturated heterocycles. The van der Waals surface area contributed by atoms with E-state index in [1.54, 1.807) is 0 Å². The number of thiazole rings is 2. The first-order valence-electron chi connectivity index (χ1n) is 11.4. The van der Waals surface area contributed by atoms with Gasteiger partial charge in [0.2, 0.25) is 11.0 Å². The summed E-state index contributed by atoms with van der Waals surface area (Å²) in [5, 5.41) is 1.34. The fourth-order valence-electron chi connectivity index (χ4n) is 4.89. The lowest BCUT2D eigenvalue weighted by atomic mass is 9.75. The van der Waals surface area contributed by atoms with Gasteiger partial charge in [-0.2, -0.15) is 8.81 Å². The lowest BCUT2D eigenvalue weighted by molar-refractivity contribution is -0.665. The molecule has 0 aliphatic heterocycles. The van der Waals surface area contributed by atoms with E-state index in [2.05, 4.69) is 109 Å². The standard InChI is InChI=1S/C28H30N2S2/c1-5-29-22-11-7-9-13-24(22)31-26(29)16-20-15-21(19-28(3,4)18-20)17-27-30(6-2)23-12-8-10-14-25(23)32-27/h5,7-17H,6,18-19H2,1-4H3/q+2/b21-17-,26-16-,29-5?. The topological polar surface area (TPSA) is 9.78 Å². The van der Waals surface area contributed by atoms with Crippen LogP contribution in [0.3, 0.4) is 0 Å². The Morgan fingerprint density at radius 1 is 0.906 bits per heavy atom. The van der Waals surface area contributed by atoms with Gasteiger partial charge in [0.05, 0.1) is 0 Å². The van der Waals surface area contributed by atoms with Crippen molar-refractivity contribution in [2.75, 3.05) is 0 Å². The predicted octanol–water partition coefficient (Wildman–Crippen LogP) is 6.35. The molecule has 4 heteroatoms. The van der Waals surface area contributed by atoms with Crippen molar-refractivity contribution in [3.63, 3.8) is 0 Å². The Balaban J connectivity index is 1.64. The largest absolute Gasteiger partial charge is 0.268 e. The van der Waals surface area contributed by atoms with Gasteiger partial charge in [0.15, 0.2) is 0 Å². The first-order chi connectivity index (χ1) is 15.5. The second-order valence-electron chi connectivity index (χ2n) is 9.29. The van der Waals surface area contributed by atoms with E-state index in [0.29, 0.717) is 0 Å². The number of hydrogen-bond donors (Lipinski definition) is 0. The quantitative estimate of drug-likeness (QED) is 0.317. The summed E-state index contributed by atoms with van der Waals surface area (Å²) in [6.45, 7) is 10.1. The van der Waals surface area contributed by atoms with E-state index in [9.17, 15) is 0 Å². The van der Waals surface area contributed by atoms with Crippen molar-refractivity contribution in [2.45, 2.75) is 47.1 Å². The summed E-state index contributed by atoms with van der Waals surface area (Å²) in [7, 11) is 0. The molecule has 0 bridgehead atoms. The molecule has 0 amide bonds. The number of allylic oxidation sites excluding steroid dienone is 3. The van der Waals surface area contributed by atoms with Crippen LogP contribution in [0.15, 0.2) is 65.8 Å². The molecule has 162 valence electrons. The molecule has 2 nitrogen and oxygen atoms in total. The third kappa shape index (κ3) is 3.98. The minimum atomic E-state index is 0.248. The second-order valence-corrected chi connectivity index (χ2v) is 11.4. The van der Waals surface area contributed by atoms with Gasteiger partial charge in [-0.1, -0.05) is 66.9 Å². The van der Waals surface area contributed by atoms with Crippen LogP contribution < -0.4 is 13.5 Å². The molecular formula is C28H30N2S2+2. The number of benzene rings is 2. The summed E-state index contributed by atoms with van der Waals surface area (Å²) in [5.41, 5.74) is 5.71. The summed E-state index contributed by atoms with van der Waals surface area (Å²) in [6.07, 6.45) is 11.6. The van der Waals surface area contributed by atoms with Crippen molar-refractivity contribution in [3.05, 3.63) is 81.6 Å². The van der Waals surface area contributed by atoms with E-state index >= 15 is 0 Å². The van der Waals surface area contributed by atoms with Crippen molar-refractivity contribution < 1.29 is 8.81 Å². The third-order valence-electron chi connectivity index (χ3n) is 6.14. The van der Waals surface area contributed by atoms with Gasteiger partial charge in [0, 0.05) is 31.2 Å². The number of fused-ring (bicyclic) bond motifs is 2. The number of hydrogen-bond acceptors (Lipinski definition) is 2. The lowest BCUT2D eigenvalue weighted by Gasteiger charge is -2.29. The van der Waals surface area contributed by atoms with Gasteiger partial charge in [-0.15, -0.1) is 0 Å². The number of para-hydroxylation sites is 2. The highest BCUT2D eigenvalue weighted by Crippen LogP contribution is 2.39. The Morgan fingerprint density at radius 3 is 2.31 bits per heavy atom. The highest BCUT2D eigenvalue weighted by atomic mass is 32.1. The van der Waals surface area contributed by atoms with E-state index in [1.165, 1.54) is 41.2 Å². The maximum atomic E-state index is 2.44. The van der Waals surface area contributed by atoms with Gasteiger partial charge < -0.3 is 0 Å². The number of aromatic nitrogens is 2. The normalized spacial score (nSPS) is 18.8. The van der Waals surface area contributed by atoms with Crippen molar-refractivity contribution in [3.8, 4) is 0 Å². The van der Waals surface area contributed by atoms with Gasteiger partial charge in [0.25, 0.3) is 9.67 Å². The molecule has 0 saturated carbocycles. The van der Waals surface area contributed by atoms with Crippen LogP contribution in [0.4, 0.5) is 0 Å². The average molecular weight is 459 g/mol. The Kier molecular flexibility index (Phi) is 5.60. The lowest BCUT2D eigenvalue weighted by Crippen LogP contribution is -2.33. The molecule has 1 aliphatic rings. The molecule has 0 radical (unpaired) electrons. The molecule has 2 aromatic carbocycles. The van der Waals surface area contributed by atoms with E-state index in [-0.39, 0.29) is 5.41 Å². The maximum absolute atomic E-state index is 2.44. The summed E-state index contributed by atoms with van der Waals surface area (Å²) >= 11 is 3.77. The van der Waals surface area contributed by atoms with Gasteiger partial charge in [-0.05, 0) is 48.5 Å². The van der Waals surface area contributed by atoms with E-state index in [0.717, 1.165) is 19.4 Å². The Hall–Kier alpha value is -2.56. The predicted molar refractivity (Wildman–Crippen MR) is 138 cm³/mol. The van der Waals surface area contributed by atoms with Crippen LogP contribution in [0.1, 0.15) is 45.5 Å². The maximum Gasteiger partial charge on any atom is 0.268 e. The molecule has 2 aromatic heterocycles. The molecule has 0 fully saturated rings. The zero-order valence-corrected chi connectivity index (χ0v) is 20.9. The molecule has 2 heterocycles. The van der Waals surface area contributed by atoms with Gasteiger partial charge >= 0.3 is 0 Å². The highest BCUT2D eigenvalue weighted by molar-refractivity contribution is 7.18.